The van der Waals surface area contributed by atoms with Gasteiger partial charge in [-0.1, -0.05) is 30.3 Å². The third-order valence-corrected chi connectivity index (χ3v) is 6.01. The number of anilines is 1. The number of rotatable bonds is 5. The van der Waals surface area contributed by atoms with Crippen LogP contribution in [-0.2, 0) is 17.4 Å². The van der Waals surface area contributed by atoms with Gasteiger partial charge in [0.2, 0.25) is 5.91 Å². The average molecular weight is 454 g/mol. The molecular formula is C23H27ClF3N3O. The maximum Gasteiger partial charge on any atom is 0.416 e. The number of hydrogen-bond donors (Lipinski definition) is 1. The molecule has 2 aromatic carbocycles. The number of carbonyl (C=O) groups excluding carboxylic acids is 1. The van der Waals surface area contributed by atoms with E-state index >= 15 is 0 Å². The molecule has 31 heavy (non-hydrogen) atoms. The Morgan fingerprint density at radius 2 is 1.71 bits per heavy atom. The zero-order valence-electron chi connectivity index (χ0n) is 17.2. The maximum absolute atomic E-state index is 12.9. The summed E-state index contributed by atoms with van der Waals surface area (Å²) in [6, 6.07) is 14.2. The van der Waals surface area contributed by atoms with Crippen molar-refractivity contribution in [1.29, 1.82) is 0 Å². The molecule has 0 spiro atoms. The molecule has 2 aromatic rings. The van der Waals surface area contributed by atoms with Crippen molar-refractivity contribution in [3.05, 3.63) is 65.2 Å². The van der Waals surface area contributed by atoms with Crippen LogP contribution in [0.3, 0.4) is 0 Å². The first-order valence-corrected chi connectivity index (χ1v) is 10.4. The van der Waals surface area contributed by atoms with E-state index in [0.717, 1.165) is 57.2 Å². The van der Waals surface area contributed by atoms with Gasteiger partial charge in [-0.25, -0.2) is 0 Å². The summed E-state index contributed by atoms with van der Waals surface area (Å²) in [6.45, 7) is 4.05. The molecule has 0 bridgehead atoms. The Morgan fingerprint density at radius 3 is 2.32 bits per heavy atom. The zero-order chi connectivity index (χ0) is 21.1. The number of amides is 1. The number of piperazine rings is 1. The lowest BCUT2D eigenvalue weighted by Crippen LogP contribution is -2.47. The van der Waals surface area contributed by atoms with Gasteiger partial charge in [0.15, 0.2) is 0 Å². The molecule has 168 valence electrons. The monoisotopic (exact) mass is 453 g/mol. The summed E-state index contributed by atoms with van der Waals surface area (Å²) < 4.78 is 38.8. The lowest BCUT2D eigenvalue weighted by Gasteiger charge is -2.36. The van der Waals surface area contributed by atoms with Gasteiger partial charge in [0.25, 0.3) is 0 Å². The number of nitrogens with one attached hydrogen (secondary N) is 1. The second-order valence-electron chi connectivity index (χ2n) is 8.03. The van der Waals surface area contributed by atoms with Crippen molar-refractivity contribution >= 4 is 24.0 Å². The molecule has 0 aromatic heterocycles. The van der Waals surface area contributed by atoms with Crippen LogP contribution in [0.15, 0.2) is 48.5 Å². The molecule has 1 amide bonds. The summed E-state index contributed by atoms with van der Waals surface area (Å²) in [7, 11) is 0. The SMILES string of the molecule is Cl.O=C1CCC(c2ccc(CCN3CCN(c4cccc(C(F)(F)F)c4)CC3)cc2)N1. The van der Waals surface area contributed by atoms with Gasteiger partial charge in [-0.3, -0.25) is 9.69 Å². The maximum atomic E-state index is 12.9. The number of halogens is 4. The predicted molar refractivity (Wildman–Crippen MR) is 118 cm³/mol. The van der Waals surface area contributed by atoms with Crippen molar-refractivity contribution in [2.24, 2.45) is 0 Å². The summed E-state index contributed by atoms with van der Waals surface area (Å²) in [6.07, 6.45) is -1.93. The highest BCUT2D eigenvalue weighted by molar-refractivity contribution is 5.85. The van der Waals surface area contributed by atoms with Crippen LogP contribution in [0.25, 0.3) is 0 Å². The lowest BCUT2D eigenvalue weighted by atomic mass is 10.0. The van der Waals surface area contributed by atoms with Crippen molar-refractivity contribution in [3.63, 3.8) is 0 Å². The van der Waals surface area contributed by atoms with Gasteiger partial charge in [0, 0.05) is 44.8 Å². The van der Waals surface area contributed by atoms with Gasteiger partial charge >= 0.3 is 6.18 Å². The van der Waals surface area contributed by atoms with E-state index < -0.39 is 11.7 Å². The standard InChI is InChI=1S/C23H26F3N3O.ClH/c24-23(25,26)19-2-1-3-20(16-19)29-14-12-28(13-15-29)11-10-17-4-6-18(7-5-17)21-8-9-22(30)27-21;/h1-7,16,21H,8-15H2,(H,27,30);1H. The van der Waals surface area contributed by atoms with Crippen molar-refractivity contribution in [1.82, 2.24) is 10.2 Å². The van der Waals surface area contributed by atoms with Crippen LogP contribution < -0.4 is 10.2 Å². The number of carbonyl (C=O) groups is 1. The third-order valence-electron chi connectivity index (χ3n) is 6.01. The summed E-state index contributed by atoms with van der Waals surface area (Å²) in [5.41, 5.74) is 2.45. The number of benzene rings is 2. The van der Waals surface area contributed by atoms with E-state index in [1.807, 2.05) is 4.90 Å². The Bertz CT molecular complexity index is 880. The summed E-state index contributed by atoms with van der Waals surface area (Å²) in [5, 5.41) is 2.99. The molecule has 1 atom stereocenters. The zero-order valence-corrected chi connectivity index (χ0v) is 18.0. The Morgan fingerprint density at radius 1 is 1.00 bits per heavy atom. The summed E-state index contributed by atoms with van der Waals surface area (Å²) in [4.78, 5) is 15.8. The van der Waals surface area contributed by atoms with Crippen molar-refractivity contribution in [2.75, 3.05) is 37.6 Å². The van der Waals surface area contributed by atoms with E-state index in [2.05, 4.69) is 34.5 Å². The Balaban J connectivity index is 0.00000272. The van der Waals surface area contributed by atoms with Crippen molar-refractivity contribution < 1.29 is 18.0 Å². The first-order chi connectivity index (χ1) is 14.4. The van der Waals surface area contributed by atoms with Crippen LogP contribution in [0.2, 0.25) is 0 Å². The van der Waals surface area contributed by atoms with Crippen molar-refractivity contribution in [2.45, 2.75) is 31.5 Å². The summed E-state index contributed by atoms with van der Waals surface area (Å²) in [5.74, 6) is 0.119. The largest absolute Gasteiger partial charge is 0.416 e. The fourth-order valence-corrected chi connectivity index (χ4v) is 4.18. The molecule has 2 saturated heterocycles. The molecule has 8 heteroatoms. The molecule has 2 aliphatic heterocycles. The molecule has 4 rings (SSSR count). The average Bonchev–Trinajstić information content (AvgIpc) is 3.19. The predicted octanol–water partition coefficient (Wildman–Crippen LogP) is 4.44. The fourth-order valence-electron chi connectivity index (χ4n) is 4.18. The third kappa shape index (κ3) is 5.92. The fraction of sp³-hybridized carbons (Fsp3) is 0.435. The van der Waals surface area contributed by atoms with Gasteiger partial charge < -0.3 is 10.2 Å². The van der Waals surface area contributed by atoms with E-state index in [9.17, 15) is 18.0 Å². The quantitative estimate of drug-likeness (QED) is 0.726. The molecular weight excluding hydrogens is 427 g/mol. The molecule has 0 aliphatic carbocycles. The Kier molecular flexibility index (Phi) is 7.49. The van der Waals surface area contributed by atoms with Gasteiger partial charge in [-0.05, 0) is 42.2 Å². The highest BCUT2D eigenvalue weighted by atomic mass is 35.5. The van der Waals surface area contributed by atoms with E-state index in [4.69, 9.17) is 0 Å². The first-order valence-electron chi connectivity index (χ1n) is 10.4. The van der Waals surface area contributed by atoms with Gasteiger partial charge in [-0.2, -0.15) is 13.2 Å². The molecule has 2 heterocycles. The van der Waals surface area contributed by atoms with E-state index in [-0.39, 0.29) is 24.4 Å². The number of hydrogen-bond acceptors (Lipinski definition) is 3. The second-order valence-corrected chi connectivity index (χ2v) is 8.03. The topological polar surface area (TPSA) is 35.6 Å². The highest BCUT2D eigenvalue weighted by Crippen LogP contribution is 2.32. The molecule has 1 unspecified atom stereocenters. The minimum Gasteiger partial charge on any atom is -0.369 e. The van der Waals surface area contributed by atoms with Crippen LogP contribution in [-0.4, -0.2) is 43.5 Å². The van der Waals surface area contributed by atoms with Crippen LogP contribution >= 0.6 is 12.4 Å². The highest BCUT2D eigenvalue weighted by Gasteiger charge is 2.31. The number of nitrogens with zero attached hydrogens (tertiary/aromatic N) is 2. The Hall–Kier alpha value is -2.25. The smallest absolute Gasteiger partial charge is 0.369 e. The lowest BCUT2D eigenvalue weighted by molar-refractivity contribution is -0.137. The summed E-state index contributed by atoms with van der Waals surface area (Å²) >= 11 is 0. The normalized spacial score (nSPS) is 19.8. The second kappa shape index (κ2) is 9.92. The molecule has 0 radical (unpaired) electrons. The van der Waals surface area contributed by atoms with Crippen LogP contribution in [0, 0.1) is 0 Å². The molecule has 2 fully saturated rings. The Labute approximate surface area is 186 Å². The molecule has 4 nitrogen and oxygen atoms in total. The molecule has 0 saturated carbocycles. The van der Waals surface area contributed by atoms with E-state index in [1.54, 1.807) is 6.07 Å². The van der Waals surface area contributed by atoms with Gasteiger partial charge in [0.05, 0.1) is 11.6 Å². The minimum absolute atomic E-state index is 0. The van der Waals surface area contributed by atoms with Crippen LogP contribution in [0.1, 0.15) is 35.6 Å². The van der Waals surface area contributed by atoms with Crippen LogP contribution in [0.5, 0.6) is 0 Å². The van der Waals surface area contributed by atoms with Crippen LogP contribution in [0.4, 0.5) is 18.9 Å². The molecule has 2 aliphatic rings. The number of alkyl halides is 3. The van der Waals surface area contributed by atoms with Gasteiger partial charge in [-0.15, -0.1) is 12.4 Å². The molecule has 1 N–H and O–H groups in total. The minimum atomic E-state index is -4.31. The first kappa shape index (κ1) is 23.4. The van der Waals surface area contributed by atoms with Crippen molar-refractivity contribution in [3.8, 4) is 0 Å². The van der Waals surface area contributed by atoms with E-state index in [0.29, 0.717) is 12.1 Å². The van der Waals surface area contributed by atoms with E-state index in [1.165, 1.54) is 17.7 Å². The van der Waals surface area contributed by atoms with Gasteiger partial charge in [0.1, 0.15) is 0 Å².